The molecule has 1 saturated heterocycles. The van der Waals surface area contributed by atoms with Gasteiger partial charge in [0.25, 0.3) is 5.91 Å². The van der Waals surface area contributed by atoms with E-state index in [4.69, 9.17) is 0 Å². The molecule has 0 bridgehead atoms. The first-order chi connectivity index (χ1) is 13.7. The van der Waals surface area contributed by atoms with E-state index < -0.39 is 0 Å². The summed E-state index contributed by atoms with van der Waals surface area (Å²) in [6.45, 7) is 4.01. The Hall–Kier alpha value is -2.99. The maximum atomic E-state index is 13.8. The second-order valence-electron chi connectivity index (χ2n) is 7.06. The van der Waals surface area contributed by atoms with E-state index in [-0.39, 0.29) is 11.7 Å². The molecule has 0 spiro atoms. The highest BCUT2D eigenvalue weighted by molar-refractivity contribution is 5.94. The van der Waals surface area contributed by atoms with Gasteiger partial charge in [0, 0.05) is 56.2 Å². The normalized spacial score (nSPS) is 15.0. The minimum atomic E-state index is -0.171. The largest absolute Gasteiger partial charge is 0.336 e. The Kier molecular flexibility index (Phi) is 5.48. The number of hydrogen-bond acceptors (Lipinski definition) is 3. The molecule has 28 heavy (non-hydrogen) atoms. The van der Waals surface area contributed by atoms with Gasteiger partial charge in [-0.05, 0) is 29.8 Å². The fourth-order valence-electron chi connectivity index (χ4n) is 3.54. The fraction of sp³-hybridized carbons (Fsp3) is 0.273. The van der Waals surface area contributed by atoms with Crippen molar-refractivity contribution in [1.82, 2.24) is 19.6 Å². The number of hydrogen-bond donors (Lipinski definition) is 0. The van der Waals surface area contributed by atoms with Crippen molar-refractivity contribution in [3.8, 4) is 0 Å². The molecule has 144 valence electrons. The summed E-state index contributed by atoms with van der Waals surface area (Å²) >= 11 is 0. The van der Waals surface area contributed by atoms with Crippen molar-refractivity contribution in [2.45, 2.75) is 13.1 Å². The van der Waals surface area contributed by atoms with Gasteiger partial charge in [0.05, 0.1) is 6.54 Å². The molecule has 1 amide bonds. The zero-order valence-corrected chi connectivity index (χ0v) is 15.7. The topological polar surface area (TPSA) is 41.4 Å². The predicted octanol–water partition coefficient (Wildman–Crippen LogP) is 3.03. The number of rotatable bonds is 5. The van der Waals surface area contributed by atoms with Crippen LogP contribution < -0.4 is 0 Å². The van der Waals surface area contributed by atoms with Crippen molar-refractivity contribution in [2.24, 2.45) is 0 Å². The molecule has 1 aliphatic rings. The second-order valence-corrected chi connectivity index (χ2v) is 7.06. The lowest BCUT2D eigenvalue weighted by molar-refractivity contribution is 0.0627. The Morgan fingerprint density at radius 2 is 1.79 bits per heavy atom. The monoisotopic (exact) mass is 378 g/mol. The molecule has 4 rings (SSSR count). The molecule has 1 fully saturated rings. The van der Waals surface area contributed by atoms with Gasteiger partial charge in [-0.25, -0.2) is 4.39 Å². The van der Waals surface area contributed by atoms with Crippen LogP contribution in [0, 0.1) is 5.82 Å². The van der Waals surface area contributed by atoms with E-state index >= 15 is 0 Å². The summed E-state index contributed by atoms with van der Waals surface area (Å²) in [6.07, 6.45) is 3.65. The average molecular weight is 378 g/mol. The molecule has 0 radical (unpaired) electrons. The van der Waals surface area contributed by atoms with Crippen molar-refractivity contribution in [3.63, 3.8) is 0 Å². The third kappa shape index (κ3) is 4.28. The first-order valence-corrected chi connectivity index (χ1v) is 9.50. The summed E-state index contributed by atoms with van der Waals surface area (Å²) in [5.41, 5.74) is 2.45. The van der Waals surface area contributed by atoms with Crippen LogP contribution in [-0.2, 0) is 13.1 Å². The molecule has 0 aliphatic carbocycles. The maximum Gasteiger partial charge on any atom is 0.253 e. The molecule has 0 N–H and O–H groups in total. The van der Waals surface area contributed by atoms with E-state index in [2.05, 4.69) is 10.00 Å². The van der Waals surface area contributed by atoms with Gasteiger partial charge in [0.15, 0.2) is 0 Å². The predicted molar refractivity (Wildman–Crippen MR) is 105 cm³/mol. The van der Waals surface area contributed by atoms with Crippen molar-refractivity contribution >= 4 is 5.91 Å². The minimum Gasteiger partial charge on any atom is -0.336 e. The third-order valence-corrected chi connectivity index (χ3v) is 5.09. The van der Waals surface area contributed by atoms with Crippen LogP contribution in [0.5, 0.6) is 0 Å². The van der Waals surface area contributed by atoms with E-state index in [1.165, 1.54) is 6.07 Å². The Balaban J connectivity index is 1.35. The van der Waals surface area contributed by atoms with E-state index in [1.54, 1.807) is 12.3 Å². The van der Waals surface area contributed by atoms with Gasteiger partial charge >= 0.3 is 0 Å². The van der Waals surface area contributed by atoms with Gasteiger partial charge in [-0.2, -0.15) is 5.10 Å². The SMILES string of the molecule is O=C(c1cccc(Cn2cccn2)c1)N1CCN(Cc2ccccc2F)CC1. The second kappa shape index (κ2) is 8.35. The molecule has 1 aliphatic heterocycles. The summed E-state index contributed by atoms with van der Waals surface area (Å²) in [4.78, 5) is 17.0. The molecule has 1 aromatic heterocycles. The standard InChI is InChI=1S/C22H23FN4O/c23-21-8-2-1-6-20(21)17-25-11-13-26(14-12-25)22(28)19-7-3-5-18(15-19)16-27-10-4-9-24-27/h1-10,15H,11-14,16-17H2. The van der Waals surface area contributed by atoms with E-state index in [1.807, 2.05) is 58.2 Å². The summed E-state index contributed by atoms with van der Waals surface area (Å²) in [6, 6.07) is 16.5. The third-order valence-electron chi connectivity index (χ3n) is 5.09. The van der Waals surface area contributed by atoms with E-state index in [0.29, 0.717) is 37.3 Å². The molecule has 3 aromatic rings. The molecular weight excluding hydrogens is 355 g/mol. The number of benzene rings is 2. The van der Waals surface area contributed by atoms with Crippen LogP contribution in [-0.4, -0.2) is 51.7 Å². The van der Waals surface area contributed by atoms with Crippen molar-refractivity contribution in [3.05, 3.63) is 89.5 Å². The molecule has 5 nitrogen and oxygen atoms in total. The lowest BCUT2D eigenvalue weighted by Gasteiger charge is -2.35. The quantitative estimate of drug-likeness (QED) is 0.685. The molecule has 0 unspecified atom stereocenters. The van der Waals surface area contributed by atoms with Crippen LogP contribution in [0.3, 0.4) is 0 Å². The molecule has 2 aromatic carbocycles. The zero-order valence-electron chi connectivity index (χ0n) is 15.7. The van der Waals surface area contributed by atoms with Crippen molar-refractivity contribution in [1.29, 1.82) is 0 Å². The minimum absolute atomic E-state index is 0.0489. The summed E-state index contributed by atoms with van der Waals surface area (Å²) in [5.74, 6) is -0.122. The Morgan fingerprint density at radius 1 is 0.964 bits per heavy atom. The number of carbonyl (C=O) groups is 1. The Bertz CT molecular complexity index is 933. The number of nitrogens with zero attached hydrogens (tertiary/aromatic N) is 4. The molecule has 2 heterocycles. The Labute approximate surface area is 164 Å². The average Bonchev–Trinajstić information content (AvgIpc) is 3.23. The van der Waals surface area contributed by atoms with Crippen LogP contribution in [0.15, 0.2) is 67.0 Å². The summed E-state index contributed by atoms with van der Waals surface area (Å²) < 4.78 is 15.7. The smallest absolute Gasteiger partial charge is 0.253 e. The first-order valence-electron chi connectivity index (χ1n) is 9.50. The summed E-state index contributed by atoms with van der Waals surface area (Å²) in [5, 5.41) is 4.21. The highest BCUT2D eigenvalue weighted by atomic mass is 19.1. The van der Waals surface area contributed by atoms with Crippen LogP contribution in [0.2, 0.25) is 0 Å². The van der Waals surface area contributed by atoms with Crippen LogP contribution in [0.4, 0.5) is 4.39 Å². The maximum absolute atomic E-state index is 13.8. The lowest BCUT2D eigenvalue weighted by atomic mass is 10.1. The highest BCUT2D eigenvalue weighted by Gasteiger charge is 2.22. The van der Waals surface area contributed by atoms with Crippen LogP contribution >= 0.6 is 0 Å². The van der Waals surface area contributed by atoms with Crippen LogP contribution in [0.1, 0.15) is 21.5 Å². The van der Waals surface area contributed by atoms with Crippen LogP contribution in [0.25, 0.3) is 0 Å². The highest BCUT2D eigenvalue weighted by Crippen LogP contribution is 2.15. The van der Waals surface area contributed by atoms with E-state index in [9.17, 15) is 9.18 Å². The molecule has 6 heteroatoms. The number of amides is 1. The first kappa shape index (κ1) is 18.4. The number of carbonyl (C=O) groups excluding carboxylic acids is 1. The number of halogens is 1. The molecular formula is C22H23FN4O. The van der Waals surface area contributed by atoms with Gasteiger partial charge in [0.1, 0.15) is 5.82 Å². The van der Waals surface area contributed by atoms with Gasteiger partial charge in [-0.15, -0.1) is 0 Å². The summed E-state index contributed by atoms with van der Waals surface area (Å²) in [7, 11) is 0. The van der Waals surface area contributed by atoms with E-state index in [0.717, 1.165) is 18.7 Å². The number of aromatic nitrogens is 2. The van der Waals surface area contributed by atoms with Gasteiger partial charge < -0.3 is 4.90 Å². The Morgan fingerprint density at radius 3 is 2.54 bits per heavy atom. The van der Waals surface area contributed by atoms with Gasteiger partial charge in [-0.1, -0.05) is 30.3 Å². The molecule has 0 atom stereocenters. The lowest BCUT2D eigenvalue weighted by Crippen LogP contribution is -2.48. The van der Waals surface area contributed by atoms with Crippen molar-refractivity contribution in [2.75, 3.05) is 26.2 Å². The van der Waals surface area contributed by atoms with Gasteiger partial charge in [0.2, 0.25) is 0 Å². The van der Waals surface area contributed by atoms with Crippen molar-refractivity contribution < 1.29 is 9.18 Å². The zero-order chi connectivity index (χ0) is 19.3. The van der Waals surface area contributed by atoms with Gasteiger partial charge in [-0.3, -0.25) is 14.4 Å². The fourth-order valence-corrected chi connectivity index (χ4v) is 3.54. The molecule has 0 saturated carbocycles. The number of piperazine rings is 1.